The third kappa shape index (κ3) is 4.57. The highest BCUT2D eigenvalue weighted by molar-refractivity contribution is 6.74. The van der Waals surface area contributed by atoms with Crippen LogP contribution in [0.5, 0.6) is 0 Å². The predicted molar refractivity (Wildman–Crippen MR) is 109 cm³/mol. The maximum Gasteiger partial charge on any atom is 0.337 e. The quantitative estimate of drug-likeness (QED) is 0.353. The highest BCUT2D eigenvalue weighted by atomic mass is 28.4. The molecule has 0 amide bonds. The van der Waals surface area contributed by atoms with E-state index in [9.17, 15) is 4.79 Å². The third-order valence-corrected chi connectivity index (χ3v) is 16.3. The molecular weight excluding hydrogens is 348 g/mol. The Morgan fingerprint density at radius 1 is 0.920 bits per heavy atom. The molecule has 0 radical (unpaired) electrons. The maximum atomic E-state index is 12.7. The van der Waals surface area contributed by atoms with E-state index in [1.807, 2.05) is 6.92 Å². The molecule has 148 valence electrons. The summed E-state index contributed by atoms with van der Waals surface area (Å²) in [7, 11) is -3.55. The van der Waals surface area contributed by atoms with Crippen molar-refractivity contribution in [2.45, 2.75) is 103 Å². The molecule has 1 heterocycles. The molecular formula is C19H40O4Si2. The van der Waals surface area contributed by atoms with Crippen LogP contribution in [0.4, 0.5) is 0 Å². The topological polar surface area (TPSA) is 44.8 Å². The zero-order valence-corrected chi connectivity index (χ0v) is 19.7. The summed E-state index contributed by atoms with van der Waals surface area (Å²) in [4.78, 5) is 12.7. The van der Waals surface area contributed by atoms with Crippen LogP contribution in [0.15, 0.2) is 0 Å². The van der Waals surface area contributed by atoms with E-state index in [-0.39, 0.29) is 18.0 Å². The monoisotopic (exact) mass is 388 g/mol. The van der Waals surface area contributed by atoms with Crippen LogP contribution in [-0.2, 0) is 18.4 Å². The molecule has 3 atom stereocenters. The van der Waals surface area contributed by atoms with Gasteiger partial charge >= 0.3 is 5.97 Å². The fraction of sp³-hybridized carbons (Fsp3) is 0.947. The predicted octanol–water partition coefficient (Wildman–Crippen LogP) is 5.35. The van der Waals surface area contributed by atoms with Crippen molar-refractivity contribution in [1.82, 2.24) is 0 Å². The summed E-state index contributed by atoms with van der Waals surface area (Å²) < 4.78 is 18.8. The molecule has 0 spiro atoms. The van der Waals surface area contributed by atoms with Gasteiger partial charge in [-0.1, -0.05) is 48.5 Å². The Morgan fingerprint density at radius 2 is 1.36 bits per heavy atom. The van der Waals surface area contributed by atoms with E-state index in [2.05, 4.69) is 48.5 Å². The number of hydrogen-bond donors (Lipinski definition) is 0. The Morgan fingerprint density at radius 3 is 1.76 bits per heavy atom. The number of esters is 1. The standard InChI is InChI=1S/C19H40O4Si2/c1-9-24(10-2,11-3)21-15-17-16(7)19(8,18(20)22-17)23-25(12-4,13-5)14-6/h16-17H,9-15H2,1-8H3/t16-,17-,19-/m1/s1. The average Bonchev–Trinajstić information content (AvgIpc) is 2.85. The van der Waals surface area contributed by atoms with Crippen LogP contribution >= 0.6 is 0 Å². The van der Waals surface area contributed by atoms with Crippen LogP contribution in [0.1, 0.15) is 55.4 Å². The van der Waals surface area contributed by atoms with E-state index in [0.29, 0.717) is 6.61 Å². The Labute approximate surface area is 157 Å². The minimum Gasteiger partial charge on any atom is -0.457 e. The lowest BCUT2D eigenvalue weighted by molar-refractivity contribution is -0.153. The summed E-state index contributed by atoms with van der Waals surface area (Å²) in [6, 6.07) is 6.44. The average molecular weight is 389 g/mol. The molecule has 0 saturated carbocycles. The first-order chi connectivity index (χ1) is 11.7. The minimum atomic E-state index is -1.88. The van der Waals surface area contributed by atoms with Crippen LogP contribution < -0.4 is 0 Å². The van der Waals surface area contributed by atoms with Gasteiger partial charge in [-0.3, -0.25) is 0 Å². The van der Waals surface area contributed by atoms with Crippen molar-refractivity contribution in [2.75, 3.05) is 6.61 Å². The molecule has 1 fully saturated rings. The normalized spacial score (nSPS) is 27.6. The summed E-state index contributed by atoms with van der Waals surface area (Å²) in [5.41, 5.74) is -0.822. The van der Waals surface area contributed by atoms with Gasteiger partial charge in [0.05, 0.1) is 6.61 Å². The van der Waals surface area contributed by atoms with Crippen LogP contribution in [0, 0.1) is 5.92 Å². The van der Waals surface area contributed by atoms with Crippen molar-refractivity contribution in [3.8, 4) is 0 Å². The highest BCUT2D eigenvalue weighted by Crippen LogP contribution is 2.40. The first-order valence-corrected chi connectivity index (χ1v) is 15.3. The number of hydrogen-bond acceptors (Lipinski definition) is 4. The van der Waals surface area contributed by atoms with E-state index in [1.165, 1.54) is 0 Å². The largest absolute Gasteiger partial charge is 0.457 e. The van der Waals surface area contributed by atoms with Gasteiger partial charge in [-0.2, -0.15) is 0 Å². The van der Waals surface area contributed by atoms with E-state index < -0.39 is 22.2 Å². The molecule has 0 aromatic carbocycles. The van der Waals surface area contributed by atoms with E-state index in [1.54, 1.807) is 0 Å². The van der Waals surface area contributed by atoms with Crippen molar-refractivity contribution in [1.29, 1.82) is 0 Å². The van der Waals surface area contributed by atoms with Gasteiger partial charge in [0.15, 0.2) is 22.2 Å². The molecule has 1 aliphatic heterocycles. The van der Waals surface area contributed by atoms with Crippen molar-refractivity contribution in [3.05, 3.63) is 0 Å². The number of ether oxygens (including phenoxy) is 1. The van der Waals surface area contributed by atoms with Gasteiger partial charge in [0.1, 0.15) is 6.10 Å². The van der Waals surface area contributed by atoms with Crippen LogP contribution in [0.3, 0.4) is 0 Å². The smallest absolute Gasteiger partial charge is 0.337 e. The number of cyclic esters (lactones) is 1. The first-order valence-electron chi connectivity index (χ1n) is 10.3. The SMILES string of the molecule is CC[Si](CC)(CC)OC[C@H]1OC(=O)[C@](C)(O[Si](CC)(CC)CC)[C@@H]1C. The van der Waals surface area contributed by atoms with Gasteiger partial charge < -0.3 is 13.6 Å². The van der Waals surface area contributed by atoms with Crippen LogP contribution in [0.2, 0.25) is 36.3 Å². The molecule has 1 rings (SSSR count). The van der Waals surface area contributed by atoms with Gasteiger partial charge in [-0.15, -0.1) is 0 Å². The zero-order chi connectivity index (χ0) is 19.3. The van der Waals surface area contributed by atoms with Crippen molar-refractivity contribution in [2.24, 2.45) is 5.92 Å². The van der Waals surface area contributed by atoms with E-state index >= 15 is 0 Å². The molecule has 0 bridgehead atoms. The van der Waals surface area contributed by atoms with Crippen molar-refractivity contribution in [3.63, 3.8) is 0 Å². The van der Waals surface area contributed by atoms with Gasteiger partial charge in [0, 0.05) is 5.92 Å². The van der Waals surface area contributed by atoms with Crippen molar-refractivity contribution >= 4 is 22.6 Å². The second-order valence-electron chi connectivity index (χ2n) is 7.74. The number of carbonyl (C=O) groups is 1. The number of carbonyl (C=O) groups excluding carboxylic acids is 1. The second kappa shape index (κ2) is 9.15. The molecule has 0 N–H and O–H groups in total. The van der Waals surface area contributed by atoms with Gasteiger partial charge in [0.25, 0.3) is 0 Å². The summed E-state index contributed by atoms with van der Waals surface area (Å²) in [5, 5.41) is 0. The molecule has 6 heteroatoms. The summed E-state index contributed by atoms with van der Waals surface area (Å²) >= 11 is 0. The Bertz CT molecular complexity index is 419. The lowest BCUT2D eigenvalue weighted by Gasteiger charge is -2.38. The van der Waals surface area contributed by atoms with Crippen LogP contribution in [0.25, 0.3) is 0 Å². The molecule has 25 heavy (non-hydrogen) atoms. The molecule has 0 unspecified atom stereocenters. The number of rotatable bonds is 11. The minimum absolute atomic E-state index is 0.0220. The summed E-state index contributed by atoms with van der Waals surface area (Å²) in [6.45, 7) is 17.8. The molecule has 0 aromatic heterocycles. The molecule has 1 saturated heterocycles. The van der Waals surface area contributed by atoms with Gasteiger partial charge in [-0.25, -0.2) is 4.79 Å². The molecule has 0 aliphatic carbocycles. The van der Waals surface area contributed by atoms with Crippen molar-refractivity contribution < 1.29 is 18.4 Å². The molecule has 0 aromatic rings. The van der Waals surface area contributed by atoms with Crippen LogP contribution in [-0.4, -0.2) is 40.9 Å². The Kier molecular flexibility index (Phi) is 8.37. The lowest BCUT2D eigenvalue weighted by atomic mass is 9.90. The lowest BCUT2D eigenvalue weighted by Crippen LogP contribution is -2.51. The van der Waals surface area contributed by atoms with Gasteiger partial charge in [0.2, 0.25) is 0 Å². The summed E-state index contributed by atoms with van der Waals surface area (Å²) in [5.74, 6) is -0.175. The summed E-state index contributed by atoms with van der Waals surface area (Å²) in [6.07, 6.45) is -0.189. The first kappa shape index (κ1) is 22.9. The second-order valence-corrected chi connectivity index (χ2v) is 17.2. The third-order valence-electron chi connectivity index (χ3n) is 6.94. The zero-order valence-electron chi connectivity index (χ0n) is 17.7. The Balaban J connectivity index is 2.89. The van der Waals surface area contributed by atoms with E-state index in [4.69, 9.17) is 13.6 Å². The van der Waals surface area contributed by atoms with Gasteiger partial charge in [-0.05, 0) is 43.2 Å². The fourth-order valence-electron chi connectivity index (χ4n) is 3.94. The molecule has 4 nitrogen and oxygen atoms in total. The highest BCUT2D eigenvalue weighted by Gasteiger charge is 2.56. The molecule has 1 aliphatic rings. The maximum absolute atomic E-state index is 12.7. The Hall–Kier alpha value is -0.176. The fourth-order valence-corrected chi connectivity index (χ4v) is 9.67. The van der Waals surface area contributed by atoms with E-state index in [0.717, 1.165) is 36.3 Å².